The third-order valence-corrected chi connectivity index (χ3v) is 3.22. The van der Waals surface area contributed by atoms with E-state index in [1.54, 1.807) is 18.2 Å². The molecule has 2 rings (SSSR count). The number of hydrogen-bond acceptors (Lipinski definition) is 5. The van der Waals surface area contributed by atoms with Gasteiger partial charge in [0.1, 0.15) is 11.5 Å². The van der Waals surface area contributed by atoms with Crippen molar-refractivity contribution in [2.45, 2.75) is 6.42 Å². The van der Waals surface area contributed by atoms with Crippen molar-refractivity contribution < 1.29 is 19.8 Å². The molecule has 24 heavy (non-hydrogen) atoms. The van der Waals surface area contributed by atoms with Gasteiger partial charge in [0.2, 0.25) is 0 Å². The van der Waals surface area contributed by atoms with Crippen molar-refractivity contribution >= 4 is 29.4 Å². The minimum absolute atomic E-state index is 0.0456. The van der Waals surface area contributed by atoms with E-state index in [1.165, 1.54) is 48.6 Å². The molecule has 0 radical (unpaired) electrons. The molecule has 0 heterocycles. The van der Waals surface area contributed by atoms with Gasteiger partial charge in [0, 0.05) is 11.3 Å². The number of carbonyl (C=O) groups is 2. The first-order chi connectivity index (χ1) is 11.4. The number of anilines is 1. The number of nitrogens with two attached hydrogens (primary N) is 1. The van der Waals surface area contributed by atoms with Crippen LogP contribution in [0.25, 0.3) is 12.2 Å². The SMILES string of the molecule is Nc1ccc(O)cc1/C=C/C(=O)CC(=O)/C=C/c1ccc(O)cc1. The maximum Gasteiger partial charge on any atom is 0.163 e. The summed E-state index contributed by atoms with van der Waals surface area (Å²) in [6.45, 7) is 0. The summed E-state index contributed by atoms with van der Waals surface area (Å²) in [6.07, 6.45) is 5.36. The number of aromatic hydroxyl groups is 2. The highest BCUT2D eigenvalue weighted by Crippen LogP contribution is 2.19. The zero-order valence-electron chi connectivity index (χ0n) is 12.8. The molecule has 0 spiro atoms. The molecule has 0 aliphatic carbocycles. The molecule has 0 aliphatic rings. The number of hydrogen-bond donors (Lipinski definition) is 3. The van der Waals surface area contributed by atoms with E-state index in [0.29, 0.717) is 11.3 Å². The molecule has 0 amide bonds. The van der Waals surface area contributed by atoms with Gasteiger partial charge in [-0.15, -0.1) is 0 Å². The van der Waals surface area contributed by atoms with Gasteiger partial charge in [0.05, 0.1) is 6.42 Å². The Kier molecular flexibility index (Phi) is 5.52. The van der Waals surface area contributed by atoms with Crippen LogP contribution in [0, 0.1) is 0 Å². The normalized spacial score (nSPS) is 11.2. The monoisotopic (exact) mass is 323 g/mol. The third-order valence-electron chi connectivity index (χ3n) is 3.22. The minimum atomic E-state index is -0.363. The van der Waals surface area contributed by atoms with Crippen molar-refractivity contribution in [3.8, 4) is 11.5 Å². The van der Waals surface area contributed by atoms with E-state index in [1.807, 2.05) is 0 Å². The Morgan fingerprint density at radius 2 is 1.46 bits per heavy atom. The number of phenolic OH excluding ortho intramolecular Hbond substituents is 2. The summed E-state index contributed by atoms with van der Waals surface area (Å²) in [4.78, 5) is 23.6. The Morgan fingerprint density at radius 3 is 2.12 bits per heavy atom. The van der Waals surface area contributed by atoms with Crippen molar-refractivity contribution in [2.24, 2.45) is 0 Å². The van der Waals surface area contributed by atoms with Crippen LogP contribution < -0.4 is 5.73 Å². The summed E-state index contributed by atoms with van der Waals surface area (Å²) in [6, 6.07) is 10.8. The van der Waals surface area contributed by atoms with Gasteiger partial charge in [-0.25, -0.2) is 0 Å². The van der Waals surface area contributed by atoms with E-state index in [2.05, 4.69) is 0 Å². The summed E-state index contributed by atoms with van der Waals surface area (Å²) in [5.74, 6) is -0.506. The smallest absolute Gasteiger partial charge is 0.163 e. The fourth-order valence-corrected chi connectivity index (χ4v) is 1.95. The largest absolute Gasteiger partial charge is 0.508 e. The number of nitrogen functional groups attached to an aromatic ring is 1. The van der Waals surface area contributed by atoms with Gasteiger partial charge in [-0.3, -0.25) is 9.59 Å². The minimum Gasteiger partial charge on any atom is -0.508 e. The van der Waals surface area contributed by atoms with Crippen LogP contribution in [0.4, 0.5) is 5.69 Å². The molecule has 4 N–H and O–H groups in total. The first-order valence-electron chi connectivity index (χ1n) is 7.23. The average molecular weight is 323 g/mol. The van der Waals surface area contributed by atoms with E-state index in [-0.39, 0.29) is 29.5 Å². The van der Waals surface area contributed by atoms with E-state index in [4.69, 9.17) is 5.73 Å². The number of rotatable bonds is 6. The van der Waals surface area contributed by atoms with Crippen LogP contribution in [0.1, 0.15) is 17.5 Å². The first kappa shape index (κ1) is 17.0. The van der Waals surface area contributed by atoms with Crippen molar-refractivity contribution in [3.05, 3.63) is 65.7 Å². The lowest BCUT2D eigenvalue weighted by Crippen LogP contribution is -2.02. The second kappa shape index (κ2) is 7.78. The molecule has 0 unspecified atom stereocenters. The maximum atomic E-state index is 11.8. The van der Waals surface area contributed by atoms with Crippen LogP contribution in [-0.2, 0) is 9.59 Å². The highest BCUT2D eigenvalue weighted by molar-refractivity contribution is 6.11. The molecule has 0 aliphatic heterocycles. The topological polar surface area (TPSA) is 101 Å². The molecule has 0 saturated carbocycles. The van der Waals surface area contributed by atoms with Crippen LogP contribution in [-0.4, -0.2) is 21.8 Å². The number of phenols is 2. The summed E-state index contributed by atoms with van der Waals surface area (Å²) < 4.78 is 0. The molecule has 0 bridgehead atoms. The Morgan fingerprint density at radius 1 is 0.875 bits per heavy atom. The molecule has 0 fully saturated rings. The third kappa shape index (κ3) is 5.14. The summed E-state index contributed by atoms with van der Waals surface area (Å²) in [5, 5.41) is 18.6. The van der Waals surface area contributed by atoms with Crippen molar-refractivity contribution in [3.63, 3.8) is 0 Å². The molecular formula is C19H17NO4. The Hall–Kier alpha value is -3.34. The molecular weight excluding hydrogens is 306 g/mol. The van der Waals surface area contributed by atoms with E-state index in [0.717, 1.165) is 5.56 Å². The lowest BCUT2D eigenvalue weighted by molar-refractivity contribution is -0.121. The van der Waals surface area contributed by atoms with E-state index in [9.17, 15) is 19.8 Å². The van der Waals surface area contributed by atoms with E-state index >= 15 is 0 Å². The summed E-state index contributed by atoms with van der Waals surface area (Å²) in [7, 11) is 0. The molecule has 0 atom stereocenters. The van der Waals surface area contributed by atoms with Gasteiger partial charge in [0.25, 0.3) is 0 Å². The summed E-state index contributed by atoms with van der Waals surface area (Å²) >= 11 is 0. The van der Waals surface area contributed by atoms with Gasteiger partial charge in [-0.2, -0.15) is 0 Å². The van der Waals surface area contributed by atoms with Crippen LogP contribution >= 0.6 is 0 Å². The maximum absolute atomic E-state index is 11.8. The predicted octanol–water partition coefficient (Wildman–Crippen LogP) is 2.93. The second-order valence-electron chi connectivity index (χ2n) is 5.18. The number of benzene rings is 2. The van der Waals surface area contributed by atoms with Gasteiger partial charge >= 0.3 is 0 Å². The van der Waals surface area contributed by atoms with Crippen LogP contribution in [0.3, 0.4) is 0 Å². The van der Waals surface area contributed by atoms with Gasteiger partial charge in [-0.05, 0) is 54.1 Å². The Labute approximate surface area is 139 Å². The average Bonchev–Trinajstić information content (AvgIpc) is 2.55. The standard InChI is InChI=1S/C19H17NO4/c20-19-10-9-16(22)11-14(19)4-8-18(24)12-17(23)7-3-13-1-5-15(21)6-2-13/h1-11,21-22H,12,20H2/b7-3+,8-4+. The zero-order chi connectivity index (χ0) is 17.5. The van der Waals surface area contributed by atoms with Crippen LogP contribution in [0.5, 0.6) is 11.5 Å². The van der Waals surface area contributed by atoms with Gasteiger partial charge < -0.3 is 15.9 Å². The quantitative estimate of drug-likeness (QED) is 0.328. The fraction of sp³-hybridized carbons (Fsp3) is 0.0526. The van der Waals surface area contributed by atoms with Gasteiger partial charge in [-0.1, -0.05) is 18.2 Å². The van der Waals surface area contributed by atoms with Crippen molar-refractivity contribution in [1.29, 1.82) is 0 Å². The molecule has 5 heteroatoms. The first-order valence-corrected chi connectivity index (χ1v) is 7.23. The fourth-order valence-electron chi connectivity index (χ4n) is 1.95. The molecule has 5 nitrogen and oxygen atoms in total. The number of carbonyl (C=O) groups excluding carboxylic acids is 2. The van der Waals surface area contributed by atoms with Crippen LogP contribution in [0.2, 0.25) is 0 Å². The lowest BCUT2D eigenvalue weighted by atomic mass is 10.1. The number of allylic oxidation sites excluding steroid dienone is 2. The molecule has 0 saturated heterocycles. The van der Waals surface area contributed by atoms with E-state index < -0.39 is 0 Å². The second-order valence-corrected chi connectivity index (χ2v) is 5.18. The van der Waals surface area contributed by atoms with Crippen LogP contribution in [0.15, 0.2) is 54.6 Å². The number of ketones is 2. The van der Waals surface area contributed by atoms with Gasteiger partial charge in [0.15, 0.2) is 11.6 Å². The Bertz CT molecular complexity index is 805. The highest BCUT2D eigenvalue weighted by Gasteiger charge is 2.04. The molecule has 2 aromatic carbocycles. The molecule has 0 aromatic heterocycles. The lowest BCUT2D eigenvalue weighted by Gasteiger charge is -2.00. The van der Waals surface area contributed by atoms with Crippen molar-refractivity contribution in [1.82, 2.24) is 0 Å². The molecule has 122 valence electrons. The highest BCUT2D eigenvalue weighted by atomic mass is 16.3. The molecule has 2 aromatic rings. The zero-order valence-corrected chi connectivity index (χ0v) is 12.8. The predicted molar refractivity (Wildman–Crippen MR) is 93.3 cm³/mol. The Balaban J connectivity index is 1.94. The summed E-state index contributed by atoms with van der Waals surface area (Å²) in [5.41, 5.74) is 7.41. The van der Waals surface area contributed by atoms with Crippen molar-refractivity contribution in [2.75, 3.05) is 5.73 Å².